The quantitative estimate of drug-likeness (QED) is 0.721. The summed E-state index contributed by atoms with van der Waals surface area (Å²) in [6.07, 6.45) is 0. The molecule has 0 saturated carbocycles. The first kappa shape index (κ1) is 12.9. The van der Waals surface area contributed by atoms with Gasteiger partial charge in [-0.05, 0) is 24.3 Å². The minimum Gasteiger partial charge on any atom is -0.382 e. The summed E-state index contributed by atoms with van der Waals surface area (Å²) in [7, 11) is 0. The lowest BCUT2D eigenvalue weighted by atomic mass is 10.3. The molecule has 0 unspecified atom stereocenters. The molecule has 0 bridgehead atoms. The summed E-state index contributed by atoms with van der Waals surface area (Å²) in [5, 5.41) is 10.8. The molecule has 3 rings (SSSR count). The van der Waals surface area contributed by atoms with Crippen molar-refractivity contribution in [2.24, 2.45) is 10.2 Å². The van der Waals surface area contributed by atoms with Crippen molar-refractivity contribution < 1.29 is 0 Å². The van der Waals surface area contributed by atoms with E-state index in [1.807, 2.05) is 36.4 Å². The van der Waals surface area contributed by atoms with E-state index >= 15 is 0 Å². The van der Waals surface area contributed by atoms with E-state index in [1.165, 1.54) is 4.68 Å². The van der Waals surface area contributed by atoms with E-state index in [1.54, 1.807) is 24.3 Å². The second kappa shape index (κ2) is 5.46. The molecule has 0 aliphatic carbocycles. The molecule has 0 radical (unpaired) electrons. The third kappa shape index (κ3) is 2.59. The van der Waals surface area contributed by atoms with Crippen LogP contribution in [0.1, 0.15) is 0 Å². The standard InChI is InChI=1S/C15H13N5O/c16-14-13(18-17-11-7-3-1-4-8-11)15(21)20(19-14)12-9-5-2-6-10-12/h1-10,19H,16H2. The molecule has 0 atom stereocenters. The summed E-state index contributed by atoms with van der Waals surface area (Å²) in [5.41, 5.74) is 6.92. The van der Waals surface area contributed by atoms with Gasteiger partial charge >= 0.3 is 5.56 Å². The molecule has 1 heterocycles. The zero-order valence-electron chi connectivity index (χ0n) is 11.1. The molecule has 0 saturated heterocycles. The molecule has 3 N–H and O–H groups in total. The van der Waals surface area contributed by atoms with Crippen LogP contribution in [-0.2, 0) is 0 Å². The van der Waals surface area contributed by atoms with Crippen molar-refractivity contribution in [3.05, 3.63) is 71.0 Å². The Morgan fingerprint density at radius 1 is 0.905 bits per heavy atom. The monoisotopic (exact) mass is 279 g/mol. The highest BCUT2D eigenvalue weighted by molar-refractivity contribution is 5.57. The van der Waals surface area contributed by atoms with Crippen molar-refractivity contribution in [2.75, 3.05) is 5.73 Å². The average Bonchev–Trinajstić information content (AvgIpc) is 2.82. The first-order valence-electron chi connectivity index (χ1n) is 6.38. The Kier molecular flexibility index (Phi) is 3.34. The number of rotatable bonds is 3. The molecule has 0 spiro atoms. The highest BCUT2D eigenvalue weighted by Crippen LogP contribution is 2.20. The topological polar surface area (TPSA) is 88.5 Å². The third-order valence-corrected chi connectivity index (χ3v) is 2.93. The van der Waals surface area contributed by atoms with Crippen LogP contribution in [0, 0.1) is 0 Å². The van der Waals surface area contributed by atoms with Gasteiger partial charge in [0.2, 0.25) is 0 Å². The van der Waals surface area contributed by atoms with Crippen LogP contribution in [0.2, 0.25) is 0 Å². The van der Waals surface area contributed by atoms with Crippen LogP contribution in [-0.4, -0.2) is 9.78 Å². The van der Waals surface area contributed by atoms with E-state index < -0.39 is 0 Å². The lowest BCUT2D eigenvalue weighted by Gasteiger charge is -1.98. The van der Waals surface area contributed by atoms with Gasteiger partial charge in [0.05, 0.1) is 11.4 Å². The van der Waals surface area contributed by atoms with Crippen molar-refractivity contribution in [2.45, 2.75) is 0 Å². The summed E-state index contributed by atoms with van der Waals surface area (Å²) in [6.45, 7) is 0. The number of para-hydroxylation sites is 1. The third-order valence-electron chi connectivity index (χ3n) is 2.93. The van der Waals surface area contributed by atoms with Crippen LogP contribution in [0.5, 0.6) is 0 Å². The minimum atomic E-state index is -0.335. The maximum Gasteiger partial charge on any atom is 0.301 e. The van der Waals surface area contributed by atoms with Gasteiger partial charge in [0.1, 0.15) is 5.82 Å². The summed E-state index contributed by atoms with van der Waals surface area (Å²) in [4.78, 5) is 12.3. The number of H-pyrrole nitrogens is 1. The second-order valence-electron chi connectivity index (χ2n) is 4.39. The Morgan fingerprint density at radius 3 is 2.19 bits per heavy atom. The SMILES string of the molecule is Nc1[nH]n(-c2ccccc2)c(=O)c1N=Nc1ccccc1. The Hall–Kier alpha value is -3.15. The van der Waals surface area contributed by atoms with E-state index in [4.69, 9.17) is 5.73 Å². The van der Waals surface area contributed by atoms with Gasteiger partial charge in [0.25, 0.3) is 0 Å². The lowest BCUT2D eigenvalue weighted by Crippen LogP contribution is -2.13. The number of aromatic nitrogens is 2. The number of hydrogen-bond donors (Lipinski definition) is 2. The second-order valence-corrected chi connectivity index (χ2v) is 4.39. The van der Waals surface area contributed by atoms with Gasteiger partial charge in [-0.3, -0.25) is 9.89 Å². The van der Waals surface area contributed by atoms with E-state index in [-0.39, 0.29) is 17.1 Å². The van der Waals surface area contributed by atoms with Crippen molar-refractivity contribution in [3.8, 4) is 5.69 Å². The summed E-state index contributed by atoms with van der Waals surface area (Å²) in [6, 6.07) is 18.3. The Labute approximate surface area is 120 Å². The molecule has 0 aliphatic heterocycles. The molecule has 1 aromatic heterocycles. The van der Waals surface area contributed by atoms with Gasteiger partial charge in [-0.25, -0.2) is 4.68 Å². The number of nitrogens with two attached hydrogens (primary N) is 1. The van der Waals surface area contributed by atoms with Crippen molar-refractivity contribution in [1.82, 2.24) is 9.78 Å². The van der Waals surface area contributed by atoms with Crippen LogP contribution in [0.3, 0.4) is 0 Å². The van der Waals surface area contributed by atoms with Crippen LogP contribution >= 0.6 is 0 Å². The van der Waals surface area contributed by atoms with Crippen LogP contribution in [0.4, 0.5) is 17.2 Å². The van der Waals surface area contributed by atoms with Crippen molar-refractivity contribution in [3.63, 3.8) is 0 Å². The number of aromatic amines is 1. The number of anilines is 1. The van der Waals surface area contributed by atoms with E-state index in [0.717, 1.165) is 0 Å². The number of hydrogen-bond acceptors (Lipinski definition) is 4. The molecule has 2 aromatic carbocycles. The normalized spacial score (nSPS) is 11.0. The largest absolute Gasteiger partial charge is 0.382 e. The Balaban J connectivity index is 2.00. The van der Waals surface area contributed by atoms with E-state index in [0.29, 0.717) is 11.4 Å². The molecule has 6 heteroatoms. The number of nitrogen functional groups attached to an aromatic ring is 1. The molecule has 104 valence electrons. The maximum atomic E-state index is 12.3. The van der Waals surface area contributed by atoms with E-state index in [9.17, 15) is 4.79 Å². The van der Waals surface area contributed by atoms with Gasteiger partial charge in [-0.15, -0.1) is 5.11 Å². The fraction of sp³-hybridized carbons (Fsp3) is 0. The van der Waals surface area contributed by atoms with Gasteiger partial charge in [-0.2, -0.15) is 5.11 Å². The molecule has 0 fully saturated rings. The summed E-state index contributed by atoms with van der Waals surface area (Å²) in [5.74, 6) is 0.184. The van der Waals surface area contributed by atoms with Crippen LogP contribution < -0.4 is 11.3 Å². The molecule has 0 aliphatic rings. The predicted octanol–water partition coefficient (Wildman–Crippen LogP) is 3.16. The zero-order chi connectivity index (χ0) is 14.7. The van der Waals surface area contributed by atoms with Gasteiger partial charge < -0.3 is 5.73 Å². The molecule has 6 nitrogen and oxygen atoms in total. The lowest BCUT2D eigenvalue weighted by molar-refractivity contribution is 0.853. The Bertz CT molecular complexity index is 818. The number of benzene rings is 2. The summed E-state index contributed by atoms with van der Waals surface area (Å²) >= 11 is 0. The minimum absolute atomic E-state index is 0.0997. The van der Waals surface area contributed by atoms with Crippen molar-refractivity contribution in [1.29, 1.82) is 0 Å². The molecule has 0 amide bonds. The average molecular weight is 279 g/mol. The summed E-state index contributed by atoms with van der Waals surface area (Å²) < 4.78 is 1.34. The number of azo groups is 1. The molecule has 3 aromatic rings. The molecular weight excluding hydrogens is 266 g/mol. The van der Waals surface area contributed by atoms with Gasteiger partial charge in [0, 0.05) is 0 Å². The highest BCUT2D eigenvalue weighted by atomic mass is 16.1. The van der Waals surface area contributed by atoms with Crippen LogP contribution in [0.25, 0.3) is 5.69 Å². The zero-order valence-corrected chi connectivity index (χ0v) is 11.1. The predicted molar refractivity (Wildman–Crippen MR) is 81.4 cm³/mol. The number of nitrogens with one attached hydrogen (secondary N) is 1. The molecular formula is C15H13N5O. The molecule has 21 heavy (non-hydrogen) atoms. The van der Waals surface area contributed by atoms with Gasteiger partial charge in [-0.1, -0.05) is 36.4 Å². The number of nitrogens with zero attached hydrogens (tertiary/aromatic N) is 3. The first-order chi connectivity index (χ1) is 10.3. The smallest absolute Gasteiger partial charge is 0.301 e. The van der Waals surface area contributed by atoms with Gasteiger partial charge in [0.15, 0.2) is 5.69 Å². The van der Waals surface area contributed by atoms with E-state index in [2.05, 4.69) is 15.3 Å². The van der Waals surface area contributed by atoms with Crippen LogP contribution in [0.15, 0.2) is 75.7 Å². The Morgan fingerprint density at radius 2 is 1.52 bits per heavy atom. The maximum absolute atomic E-state index is 12.3. The fourth-order valence-electron chi connectivity index (χ4n) is 1.90. The first-order valence-corrected chi connectivity index (χ1v) is 6.38. The highest BCUT2D eigenvalue weighted by Gasteiger charge is 2.12. The van der Waals surface area contributed by atoms with Crippen molar-refractivity contribution >= 4 is 17.2 Å². The fourth-order valence-corrected chi connectivity index (χ4v) is 1.90.